The number of carbonyl (C=O) groups is 1. The fourth-order valence-electron chi connectivity index (χ4n) is 5.84. The number of hydrogen-bond donors (Lipinski definition) is 0. The normalized spacial score (nSPS) is 21.4. The van der Waals surface area contributed by atoms with Crippen molar-refractivity contribution in [2.45, 2.75) is 79.2 Å². The fourth-order valence-corrected chi connectivity index (χ4v) is 6.36. The zero-order chi connectivity index (χ0) is 23.9. The highest BCUT2D eigenvalue weighted by Crippen LogP contribution is 2.54. The van der Waals surface area contributed by atoms with Crippen LogP contribution < -0.4 is 9.64 Å². The van der Waals surface area contributed by atoms with Gasteiger partial charge in [-0.1, -0.05) is 27.7 Å². The van der Waals surface area contributed by atoms with E-state index in [0.717, 1.165) is 23.3 Å². The van der Waals surface area contributed by atoms with Crippen molar-refractivity contribution < 1.29 is 14.3 Å². The van der Waals surface area contributed by atoms with Crippen molar-refractivity contribution >= 4 is 27.7 Å². The summed E-state index contributed by atoms with van der Waals surface area (Å²) in [5.74, 6) is 1.35. The number of methoxy groups -OCH3 is 1. The molecule has 180 valence electrons. The predicted molar refractivity (Wildman–Crippen MR) is 135 cm³/mol. The molecule has 32 heavy (non-hydrogen) atoms. The summed E-state index contributed by atoms with van der Waals surface area (Å²) in [6.45, 7) is 18.2. The van der Waals surface area contributed by atoms with Crippen molar-refractivity contribution in [2.24, 2.45) is 10.8 Å². The van der Waals surface area contributed by atoms with Gasteiger partial charge in [-0.2, -0.15) is 0 Å². The molecule has 1 aliphatic heterocycles. The van der Waals surface area contributed by atoms with Gasteiger partial charge in [0.2, 0.25) is 0 Å². The van der Waals surface area contributed by atoms with E-state index in [-0.39, 0.29) is 6.09 Å². The van der Waals surface area contributed by atoms with Crippen LogP contribution in [0.3, 0.4) is 0 Å². The van der Waals surface area contributed by atoms with Crippen LogP contribution in [0.5, 0.6) is 5.75 Å². The zero-order valence-corrected chi connectivity index (χ0v) is 22.8. The van der Waals surface area contributed by atoms with Gasteiger partial charge in [-0.3, -0.25) is 0 Å². The Hall–Kier alpha value is -1.43. The lowest BCUT2D eigenvalue weighted by Crippen LogP contribution is -2.50. The van der Waals surface area contributed by atoms with E-state index in [1.807, 2.05) is 25.7 Å². The molecule has 3 rings (SSSR count). The summed E-state index contributed by atoms with van der Waals surface area (Å²) in [6.07, 6.45) is 3.39. The smallest absolute Gasteiger partial charge is 0.410 e. The molecule has 0 N–H and O–H groups in total. The van der Waals surface area contributed by atoms with E-state index in [9.17, 15) is 4.79 Å². The highest BCUT2D eigenvalue weighted by molar-refractivity contribution is 9.10. The van der Waals surface area contributed by atoms with Crippen LogP contribution in [0, 0.1) is 10.8 Å². The van der Waals surface area contributed by atoms with E-state index in [0.29, 0.717) is 29.8 Å². The molecule has 2 aliphatic rings. The molecule has 2 fully saturated rings. The number of nitrogens with zero attached hydrogens (tertiary/aromatic N) is 2. The third-order valence-corrected chi connectivity index (χ3v) is 7.19. The number of amides is 1. The number of ether oxygens (including phenoxy) is 2. The van der Waals surface area contributed by atoms with Crippen LogP contribution in [-0.4, -0.2) is 49.9 Å². The van der Waals surface area contributed by atoms with E-state index in [4.69, 9.17) is 9.47 Å². The maximum absolute atomic E-state index is 12.5. The number of hydrogen-bond acceptors (Lipinski definition) is 4. The second-order valence-corrected chi connectivity index (χ2v) is 13.0. The van der Waals surface area contributed by atoms with Gasteiger partial charge in [0, 0.05) is 37.9 Å². The van der Waals surface area contributed by atoms with Crippen LogP contribution in [0.4, 0.5) is 10.5 Å². The lowest BCUT2D eigenvalue weighted by molar-refractivity contribution is 0.0240. The topological polar surface area (TPSA) is 42.0 Å². The predicted octanol–water partition coefficient (Wildman–Crippen LogP) is 6.83. The molecule has 6 heteroatoms. The molecule has 5 nitrogen and oxygen atoms in total. The quantitative estimate of drug-likeness (QED) is 0.448. The van der Waals surface area contributed by atoms with Gasteiger partial charge in [0.05, 0.1) is 11.6 Å². The number of rotatable bonds is 3. The molecule has 0 bridgehead atoms. The third-order valence-electron chi connectivity index (χ3n) is 6.57. The first-order valence-electron chi connectivity index (χ1n) is 11.8. The zero-order valence-electron chi connectivity index (χ0n) is 21.2. The molecule has 1 saturated carbocycles. The molecule has 0 atom stereocenters. The van der Waals surface area contributed by atoms with E-state index in [1.165, 1.54) is 30.5 Å². The molecule has 1 heterocycles. The van der Waals surface area contributed by atoms with E-state index in [1.54, 1.807) is 7.11 Å². The molecule has 0 spiro atoms. The van der Waals surface area contributed by atoms with Crippen LogP contribution in [0.25, 0.3) is 0 Å². The van der Waals surface area contributed by atoms with Crippen LogP contribution >= 0.6 is 15.9 Å². The first-order valence-corrected chi connectivity index (χ1v) is 12.6. The van der Waals surface area contributed by atoms with Gasteiger partial charge < -0.3 is 19.3 Å². The monoisotopic (exact) mass is 508 g/mol. The minimum atomic E-state index is -0.471. The van der Waals surface area contributed by atoms with Gasteiger partial charge in [-0.15, -0.1) is 0 Å². The largest absolute Gasteiger partial charge is 0.495 e. The van der Waals surface area contributed by atoms with Crippen molar-refractivity contribution in [3.8, 4) is 5.75 Å². The fraction of sp³-hybridized carbons (Fsp3) is 0.731. The van der Waals surface area contributed by atoms with Crippen molar-refractivity contribution in [3.63, 3.8) is 0 Å². The molecule has 1 aliphatic carbocycles. The summed E-state index contributed by atoms with van der Waals surface area (Å²) in [7, 11) is 1.72. The molecule has 0 aromatic heterocycles. The molecule has 1 aromatic carbocycles. The lowest BCUT2D eigenvalue weighted by atomic mass is 9.60. The van der Waals surface area contributed by atoms with Crippen molar-refractivity contribution in [2.75, 3.05) is 38.2 Å². The molecule has 1 amide bonds. The summed E-state index contributed by atoms with van der Waals surface area (Å²) in [5.41, 5.74) is 2.79. The highest BCUT2D eigenvalue weighted by Gasteiger charge is 2.40. The molecule has 0 radical (unpaired) electrons. The van der Waals surface area contributed by atoms with Gasteiger partial charge in [0.1, 0.15) is 11.4 Å². The maximum atomic E-state index is 12.5. The number of piperazine rings is 1. The Balaban J connectivity index is 1.86. The first kappa shape index (κ1) is 25.2. The van der Waals surface area contributed by atoms with E-state index >= 15 is 0 Å². The molecule has 0 unspecified atom stereocenters. The summed E-state index contributed by atoms with van der Waals surface area (Å²) in [5, 5.41) is 0. The minimum absolute atomic E-state index is 0.221. The number of anilines is 1. The van der Waals surface area contributed by atoms with Crippen LogP contribution in [0.2, 0.25) is 0 Å². The van der Waals surface area contributed by atoms with Crippen LogP contribution in [-0.2, 0) is 4.74 Å². The average molecular weight is 510 g/mol. The summed E-state index contributed by atoms with van der Waals surface area (Å²) in [4.78, 5) is 16.8. The Labute approximate surface area is 202 Å². The van der Waals surface area contributed by atoms with Gasteiger partial charge in [-0.05, 0) is 84.3 Å². The Morgan fingerprint density at radius 2 is 1.59 bits per heavy atom. The number of carbonyl (C=O) groups excluding carboxylic acids is 1. The SMILES string of the molecule is COc1cc(N2CCN(C(=O)OC(C)(C)C)CC2)c(C2CC(C)(C)CC(C)(C)C2)cc1Br. The standard InChI is InChI=1S/C26H41BrN2O3/c1-24(2,3)32-23(30)29-11-9-28(10-12-29)21-14-22(31-8)20(27)13-19(21)18-15-25(4,5)17-26(6,7)16-18/h13-14,18H,9-12,15-17H2,1-8H3. The first-order chi connectivity index (χ1) is 14.7. The third kappa shape index (κ3) is 6.12. The van der Waals surface area contributed by atoms with E-state index < -0.39 is 5.60 Å². The Morgan fingerprint density at radius 1 is 1.03 bits per heavy atom. The van der Waals surface area contributed by atoms with Gasteiger partial charge in [-0.25, -0.2) is 4.79 Å². The summed E-state index contributed by atoms with van der Waals surface area (Å²) in [6, 6.07) is 4.45. The minimum Gasteiger partial charge on any atom is -0.495 e. The Kier molecular flexibility index (Phi) is 7.15. The Bertz CT molecular complexity index is 820. The average Bonchev–Trinajstić information content (AvgIpc) is 2.64. The van der Waals surface area contributed by atoms with Crippen LogP contribution in [0.1, 0.15) is 79.2 Å². The number of halogens is 1. The summed E-state index contributed by atoms with van der Waals surface area (Å²) < 4.78 is 12.2. The second-order valence-electron chi connectivity index (χ2n) is 12.1. The van der Waals surface area contributed by atoms with Gasteiger partial charge in [0.15, 0.2) is 0 Å². The molecule has 1 saturated heterocycles. The second kappa shape index (κ2) is 9.08. The van der Waals surface area contributed by atoms with Gasteiger partial charge in [0.25, 0.3) is 0 Å². The lowest BCUT2D eigenvalue weighted by Gasteiger charge is -2.46. The number of benzene rings is 1. The molecular weight excluding hydrogens is 468 g/mol. The van der Waals surface area contributed by atoms with Crippen molar-refractivity contribution in [1.82, 2.24) is 4.90 Å². The maximum Gasteiger partial charge on any atom is 0.410 e. The van der Waals surface area contributed by atoms with Crippen molar-refractivity contribution in [3.05, 3.63) is 22.2 Å². The van der Waals surface area contributed by atoms with E-state index in [2.05, 4.69) is 60.7 Å². The summed E-state index contributed by atoms with van der Waals surface area (Å²) >= 11 is 3.73. The van der Waals surface area contributed by atoms with Crippen LogP contribution in [0.15, 0.2) is 16.6 Å². The highest BCUT2D eigenvalue weighted by atomic mass is 79.9. The molecular formula is C26H41BrN2O3. The van der Waals surface area contributed by atoms with Gasteiger partial charge >= 0.3 is 6.09 Å². The Morgan fingerprint density at radius 3 is 2.09 bits per heavy atom. The van der Waals surface area contributed by atoms with Crippen molar-refractivity contribution in [1.29, 1.82) is 0 Å². The molecule has 1 aromatic rings.